The van der Waals surface area contributed by atoms with Crippen LogP contribution in [0.4, 0.5) is 14.5 Å². The molecule has 7 heteroatoms. The quantitative estimate of drug-likeness (QED) is 0.878. The van der Waals surface area contributed by atoms with Crippen LogP contribution in [0.2, 0.25) is 0 Å². The lowest BCUT2D eigenvalue weighted by molar-refractivity contribution is -0.131. The molecule has 0 aliphatic rings. The average molecular weight is 314 g/mol. The van der Waals surface area contributed by atoms with Gasteiger partial charge in [0.15, 0.2) is 0 Å². The van der Waals surface area contributed by atoms with Crippen LogP contribution >= 0.6 is 0 Å². The monoisotopic (exact) mass is 314 g/mol. The van der Waals surface area contributed by atoms with E-state index in [-0.39, 0.29) is 11.7 Å². The van der Waals surface area contributed by atoms with Crippen molar-refractivity contribution < 1.29 is 23.1 Å². The Morgan fingerprint density at radius 3 is 2.14 bits per heavy atom. The summed E-state index contributed by atoms with van der Waals surface area (Å²) in [6.45, 7) is 3.90. The van der Waals surface area contributed by atoms with Crippen LogP contribution in [0.15, 0.2) is 24.3 Å². The summed E-state index contributed by atoms with van der Waals surface area (Å²) in [5.41, 5.74) is -0.175. The number of ether oxygens (including phenoxy) is 1. The first-order chi connectivity index (χ1) is 10.1. The molecule has 22 heavy (non-hydrogen) atoms. The lowest BCUT2D eigenvalue weighted by Crippen LogP contribution is -2.46. The van der Waals surface area contributed by atoms with Gasteiger partial charge in [-0.2, -0.15) is 8.78 Å². The molecular formula is C15H20F2N2O3. The highest BCUT2D eigenvalue weighted by atomic mass is 19.3. The number of halogens is 2. The van der Waals surface area contributed by atoms with Crippen molar-refractivity contribution in [1.82, 2.24) is 5.32 Å². The minimum absolute atomic E-state index is 0.00193. The van der Waals surface area contributed by atoms with E-state index in [9.17, 15) is 18.4 Å². The molecule has 1 aromatic rings. The summed E-state index contributed by atoms with van der Waals surface area (Å²) >= 11 is 0. The molecular weight excluding hydrogens is 294 g/mol. The Morgan fingerprint density at radius 2 is 1.68 bits per heavy atom. The maximum absolute atomic E-state index is 12.0. The number of nitrogens with one attached hydrogen (secondary N) is 2. The van der Waals surface area contributed by atoms with Gasteiger partial charge in [-0.25, -0.2) is 0 Å². The van der Waals surface area contributed by atoms with Crippen molar-refractivity contribution in [2.24, 2.45) is 5.41 Å². The summed E-state index contributed by atoms with van der Waals surface area (Å²) in [7, 11) is 0. The maximum Gasteiger partial charge on any atom is 0.387 e. The molecule has 1 aromatic carbocycles. The number of benzene rings is 1. The fourth-order valence-corrected chi connectivity index (χ4v) is 1.45. The standard InChI is InChI=1S/C15H20F2N2O3/c1-9(18-13(21)15(2,3)4)12(20)19-10-5-7-11(8-6-10)22-14(16)17/h5-9,14H,1-4H3,(H,18,21)(H,19,20). The van der Waals surface area contributed by atoms with E-state index in [4.69, 9.17) is 0 Å². The zero-order valence-corrected chi connectivity index (χ0v) is 12.9. The second-order valence-electron chi connectivity index (χ2n) is 5.84. The van der Waals surface area contributed by atoms with Gasteiger partial charge in [0, 0.05) is 11.1 Å². The van der Waals surface area contributed by atoms with E-state index >= 15 is 0 Å². The van der Waals surface area contributed by atoms with Crippen molar-refractivity contribution in [1.29, 1.82) is 0 Å². The highest BCUT2D eigenvalue weighted by Gasteiger charge is 2.25. The molecule has 0 saturated carbocycles. The molecule has 0 spiro atoms. The Hall–Kier alpha value is -2.18. The molecule has 0 bridgehead atoms. The summed E-state index contributed by atoms with van der Waals surface area (Å²) in [5.74, 6) is -0.641. The van der Waals surface area contributed by atoms with E-state index in [0.29, 0.717) is 5.69 Å². The maximum atomic E-state index is 12.0. The van der Waals surface area contributed by atoms with Crippen molar-refractivity contribution in [3.05, 3.63) is 24.3 Å². The molecule has 122 valence electrons. The number of carbonyl (C=O) groups excluding carboxylic acids is 2. The Morgan fingerprint density at radius 1 is 1.14 bits per heavy atom. The first kappa shape index (κ1) is 17.9. The van der Waals surface area contributed by atoms with E-state index in [2.05, 4.69) is 15.4 Å². The van der Waals surface area contributed by atoms with Crippen molar-refractivity contribution in [3.63, 3.8) is 0 Å². The number of anilines is 1. The smallest absolute Gasteiger partial charge is 0.387 e. The first-order valence-corrected chi connectivity index (χ1v) is 6.76. The summed E-state index contributed by atoms with van der Waals surface area (Å²) < 4.78 is 28.3. The van der Waals surface area contributed by atoms with E-state index in [1.807, 2.05) is 0 Å². The van der Waals surface area contributed by atoms with Gasteiger partial charge in [0.05, 0.1) is 0 Å². The van der Waals surface area contributed by atoms with Gasteiger partial charge in [-0.15, -0.1) is 0 Å². The SMILES string of the molecule is CC(NC(=O)C(C)(C)C)C(=O)Nc1ccc(OC(F)F)cc1. The van der Waals surface area contributed by atoms with Crippen LogP contribution in [0.1, 0.15) is 27.7 Å². The molecule has 5 nitrogen and oxygen atoms in total. The van der Waals surface area contributed by atoms with Crippen molar-refractivity contribution in [2.75, 3.05) is 5.32 Å². The normalized spacial score (nSPS) is 12.7. The minimum Gasteiger partial charge on any atom is -0.435 e. The second kappa shape index (κ2) is 7.20. The second-order valence-corrected chi connectivity index (χ2v) is 5.84. The largest absolute Gasteiger partial charge is 0.435 e. The number of rotatable bonds is 5. The number of hydrogen-bond acceptors (Lipinski definition) is 3. The lowest BCUT2D eigenvalue weighted by atomic mass is 9.95. The summed E-state index contributed by atoms with van der Waals surface area (Å²) in [5, 5.41) is 5.18. The van der Waals surface area contributed by atoms with Gasteiger partial charge in [-0.3, -0.25) is 9.59 Å². The van der Waals surface area contributed by atoms with Gasteiger partial charge in [0.2, 0.25) is 11.8 Å². The lowest BCUT2D eigenvalue weighted by Gasteiger charge is -2.21. The van der Waals surface area contributed by atoms with Crippen LogP contribution in [0.5, 0.6) is 5.75 Å². The van der Waals surface area contributed by atoms with Crippen molar-refractivity contribution in [3.8, 4) is 5.75 Å². The number of carbonyl (C=O) groups is 2. The number of amides is 2. The number of alkyl halides is 2. The third kappa shape index (κ3) is 5.67. The van der Waals surface area contributed by atoms with Gasteiger partial charge in [0.1, 0.15) is 11.8 Å². The van der Waals surface area contributed by atoms with Crippen LogP contribution in [0.25, 0.3) is 0 Å². The third-order valence-electron chi connectivity index (χ3n) is 2.77. The van der Waals surface area contributed by atoms with Gasteiger partial charge in [0.25, 0.3) is 0 Å². The molecule has 1 unspecified atom stereocenters. The molecule has 1 atom stereocenters. The average Bonchev–Trinajstić information content (AvgIpc) is 2.39. The van der Waals surface area contributed by atoms with E-state index in [1.165, 1.54) is 24.3 Å². The summed E-state index contributed by atoms with van der Waals surface area (Å²) in [6.07, 6.45) is 0. The highest BCUT2D eigenvalue weighted by molar-refractivity contribution is 5.97. The predicted octanol–water partition coefficient (Wildman–Crippen LogP) is 2.78. The van der Waals surface area contributed by atoms with E-state index < -0.39 is 24.0 Å². The number of hydrogen-bond donors (Lipinski definition) is 2. The Bertz CT molecular complexity index is 525. The molecule has 1 rings (SSSR count). The Kier molecular flexibility index (Phi) is 5.84. The third-order valence-corrected chi connectivity index (χ3v) is 2.77. The van der Waals surface area contributed by atoms with Crippen LogP contribution in [0.3, 0.4) is 0 Å². The van der Waals surface area contributed by atoms with E-state index in [0.717, 1.165) is 0 Å². The van der Waals surface area contributed by atoms with E-state index in [1.54, 1.807) is 27.7 Å². The van der Waals surface area contributed by atoms with Gasteiger partial charge in [-0.05, 0) is 31.2 Å². The van der Waals surface area contributed by atoms with Gasteiger partial charge in [-0.1, -0.05) is 20.8 Å². The topological polar surface area (TPSA) is 67.4 Å². The Labute approximate surface area is 128 Å². The highest BCUT2D eigenvalue weighted by Crippen LogP contribution is 2.18. The van der Waals surface area contributed by atoms with Crippen LogP contribution < -0.4 is 15.4 Å². The van der Waals surface area contributed by atoms with Crippen molar-refractivity contribution in [2.45, 2.75) is 40.3 Å². The van der Waals surface area contributed by atoms with Gasteiger partial charge >= 0.3 is 6.61 Å². The molecule has 2 amide bonds. The molecule has 0 aliphatic carbocycles. The van der Waals surface area contributed by atoms with Crippen LogP contribution in [0, 0.1) is 5.41 Å². The molecule has 0 heterocycles. The fourth-order valence-electron chi connectivity index (χ4n) is 1.45. The first-order valence-electron chi connectivity index (χ1n) is 6.76. The molecule has 0 aliphatic heterocycles. The summed E-state index contributed by atoms with van der Waals surface area (Å²) in [6, 6.07) is 4.80. The van der Waals surface area contributed by atoms with Crippen LogP contribution in [-0.2, 0) is 9.59 Å². The minimum atomic E-state index is -2.90. The molecule has 2 N–H and O–H groups in total. The van der Waals surface area contributed by atoms with Crippen molar-refractivity contribution >= 4 is 17.5 Å². The molecule has 0 radical (unpaired) electrons. The summed E-state index contributed by atoms with van der Waals surface area (Å²) in [4.78, 5) is 23.8. The fraction of sp³-hybridized carbons (Fsp3) is 0.467. The Balaban J connectivity index is 2.59. The predicted molar refractivity (Wildman–Crippen MR) is 78.8 cm³/mol. The van der Waals surface area contributed by atoms with Crippen LogP contribution in [-0.4, -0.2) is 24.5 Å². The molecule has 0 aromatic heterocycles. The van der Waals surface area contributed by atoms with Gasteiger partial charge < -0.3 is 15.4 Å². The molecule has 0 fully saturated rings. The zero-order valence-electron chi connectivity index (χ0n) is 12.9. The zero-order chi connectivity index (χ0) is 16.9. The molecule has 0 saturated heterocycles.